The Bertz CT molecular complexity index is 769. The van der Waals surface area contributed by atoms with Crippen molar-refractivity contribution in [1.29, 1.82) is 0 Å². The van der Waals surface area contributed by atoms with Gasteiger partial charge in [0, 0.05) is 19.2 Å². The molecule has 5 heteroatoms. The van der Waals surface area contributed by atoms with Gasteiger partial charge in [0.2, 0.25) is 5.91 Å². The average molecular weight is 338 g/mol. The number of ether oxygens (including phenoxy) is 1. The summed E-state index contributed by atoms with van der Waals surface area (Å²) in [6, 6.07) is 15.1. The molecule has 2 aromatic carbocycles. The molecule has 0 aliphatic heterocycles. The maximum absolute atomic E-state index is 12.4. The Morgan fingerprint density at radius 1 is 1.04 bits per heavy atom. The second-order valence-electron chi connectivity index (χ2n) is 6.42. The van der Waals surface area contributed by atoms with Gasteiger partial charge < -0.3 is 10.1 Å². The van der Waals surface area contributed by atoms with Crippen LogP contribution >= 0.6 is 0 Å². The number of benzene rings is 2. The molecule has 1 saturated carbocycles. The minimum atomic E-state index is -0.433. The standard InChI is InChI=1S/C20H22N2O3/c1-13-8-7-9-14(2)18(13)22(3)20(24)25-17-12-16(17)19(23)21-15-10-5-4-6-11-15/h4-11,16-17H,12H2,1-3H3,(H,21,23). The van der Waals surface area contributed by atoms with Gasteiger partial charge in [0.05, 0.1) is 11.6 Å². The van der Waals surface area contributed by atoms with Crippen LogP contribution in [0, 0.1) is 19.8 Å². The Balaban J connectivity index is 1.57. The molecular weight excluding hydrogens is 316 g/mol. The van der Waals surface area contributed by atoms with E-state index < -0.39 is 6.09 Å². The summed E-state index contributed by atoms with van der Waals surface area (Å²) in [6.45, 7) is 3.92. The van der Waals surface area contributed by atoms with Crippen LogP contribution in [0.25, 0.3) is 0 Å². The highest BCUT2D eigenvalue weighted by Crippen LogP contribution is 2.36. The van der Waals surface area contributed by atoms with Gasteiger partial charge in [-0.3, -0.25) is 9.69 Å². The number of nitrogens with one attached hydrogen (secondary N) is 1. The summed E-state index contributed by atoms with van der Waals surface area (Å²) in [5.74, 6) is -0.394. The third-order valence-electron chi connectivity index (χ3n) is 4.41. The van der Waals surface area contributed by atoms with Crippen LogP contribution in [0.3, 0.4) is 0 Å². The van der Waals surface area contributed by atoms with Crippen molar-refractivity contribution >= 4 is 23.4 Å². The average Bonchev–Trinajstić information content (AvgIpc) is 3.34. The van der Waals surface area contributed by atoms with Crippen LogP contribution in [0.2, 0.25) is 0 Å². The number of amides is 2. The number of rotatable bonds is 4. The molecule has 3 rings (SSSR count). The summed E-state index contributed by atoms with van der Waals surface area (Å²) in [5, 5.41) is 2.84. The van der Waals surface area contributed by atoms with E-state index in [1.807, 2.05) is 62.4 Å². The summed E-state index contributed by atoms with van der Waals surface area (Å²) < 4.78 is 5.49. The Kier molecular flexibility index (Phi) is 4.74. The van der Waals surface area contributed by atoms with E-state index >= 15 is 0 Å². The van der Waals surface area contributed by atoms with Crippen LogP contribution in [0.5, 0.6) is 0 Å². The molecule has 5 nitrogen and oxygen atoms in total. The zero-order chi connectivity index (χ0) is 18.0. The Morgan fingerprint density at radius 3 is 2.32 bits per heavy atom. The maximum Gasteiger partial charge on any atom is 0.414 e. The predicted octanol–water partition coefficient (Wildman–Crippen LogP) is 3.90. The second-order valence-corrected chi connectivity index (χ2v) is 6.42. The molecule has 0 heterocycles. The highest BCUT2D eigenvalue weighted by atomic mass is 16.6. The van der Waals surface area contributed by atoms with Gasteiger partial charge >= 0.3 is 6.09 Å². The number of para-hydroxylation sites is 2. The van der Waals surface area contributed by atoms with Gasteiger partial charge in [0.15, 0.2) is 0 Å². The summed E-state index contributed by atoms with van der Waals surface area (Å²) >= 11 is 0. The van der Waals surface area contributed by atoms with Crippen molar-refractivity contribution in [3.63, 3.8) is 0 Å². The fraction of sp³-hybridized carbons (Fsp3) is 0.300. The summed E-state index contributed by atoms with van der Waals surface area (Å²) in [6.07, 6.45) is -0.231. The highest BCUT2D eigenvalue weighted by Gasteiger charge is 2.47. The van der Waals surface area contributed by atoms with Crippen LogP contribution in [0.1, 0.15) is 17.5 Å². The Hall–Kier alpha value is -2.82. The van der Waals surface area contributed by atoms with Gasteiger partial charge in [-0.15, -0.1) is 0 Å². The van der Waals surface area contributed by atoms with Crippen molar-refractivity contribution in [2.45, 2.75) is 26.4 Å². The number of nitrogens with zero attached hydrogens (tertiary/aromatic N) is 1. The molecule has 0 bridgehead atoms. The van der Waals surface area contributed by atoms with E-state index in [4.69, 9.17) is 4.74 Å². The van der Waals surface area contributed by atoms with Crippen LogP contribution in [-0.4, -0.2) is 25.2 Å². The molecule has 0 aromatic heterocycles. The monoisotopic (exact) mass is 338 g/mol. The second kappa shape index (κ2) is 6.97. The first-order valence-corrected chi connectivity index (χ1v) is 8.34. The lowest BCUT2D eigenvalue weighted by molar-refractivity contribution is -0.117. The zero-order valence-electron chi connectivity index (χ0n) is 14.7. The molecule has 2 unspecified atom stereocenters. The highest BCUT2D eigenvalue weighted by molar-refractivity contribution is 5.95. The van der Waals surface area contributed by atoms with Gasteiger partial charge in [-0.1, -0.05) is 36.4 Å². The smallest absolute Gasteiger partial charge is 0.414 e. The molecule has 2 aromatic rings. The van der Waals surface area contributed by atoms with Crippen molar-refractivity contribution in [2.75, 3.05) is 17.3 Å². The maximum atomic E-state index is 12.4. The van der Waals surface area contributed by atoms with Crippen LogP contribution in [0.15, 0.2) is 48.5 Å². The lowest BCUT2D eigenvalue weighted by Crippen LogP contribution is -2.30. The van der Waals surface area contributed by atoms with Crippen molar-refractivity contribution in [3.05, 3.63) is 59.7 Å². The minimum Gasteiger partial charge on any atom is -0.445 e. The van der Waals surface area contributed by atoms with E-state index in [-0.39, 0.29) is 17.9 Å². The molecule has 2 atom stereocenters. The summed E-state index contributed by atoms with van der Waals surface area (Å²) in [5.41, 5.74) is 3.61. The van der Waals surface area contributed by atoms with Gasteiger partial charge in [-0.25, -0.2) is 4.79 Å². The first-order valence-electron chi connectivity index (χ1n) is 8.34. The number of carbonyl (C=O) groups excluding carboxylic acids is 2. The number of hydrogen-bond donors (Lipinski definition) is 1. The van der Waals surface area contributed by atoms with E-state index in [0.29, 0.717) is 6.42 Å². The zero-order valence-corrected chi connectivity index (χ0v) is 14.7. The van der Waals surface area contributed by atoms with E-state index in [0.717, 1.165) is 22.5 Å². The molecule has 1 aliphatic rings. The summed E-state index contributed by atoms with van der Waals surface area (Å²) in [4.78, 5) is 26.1. The number of anilines is 2. The van der Waals surface area contributed by atoms with E-state index in [1.54, 1.807) is 7.05 Å². The largest absolute Gasteiger partial charge is 0.445 e. The lowest BCUT2D eigenvalue weighted by Gasteiger charge is -2.21. The lowest BCUT2D eigenvalue weighted by atomic mass is 10.1. The molecule has 1 fully saturated rings. The van der Waals surface area contributed by atoms with E-state index in [1.165, 1.54) is 4.90 Å². The van der Waals surface area contributed by atoms with Gasteiger partial charge in [0.1, 0.15) is 6.10 Å². The topological polar surface area (TPSA) is 58.6 Å². The molecule has 2 amide bonds. The van der Waals surface area contributed by atoms with Gasteiger partial charge in [0.25, 0.3) is 0 Å². The summed E-state index contributed by atoms with van der Waals surface area (Å²) in [7, 11) is 1.69. The fourth-order valence-corrected chi connectivity index (χ4v) is 2.97. The number of carbonyl (C=O) groups is 2. The molecule has 0 spiro atoms. The van der Waals surface area contributed by atoms with Gasteiger partial charge in [-0.2, -0.15) is 0 Å². The number of aryl methyl sites for hydroxylation is 2. The first-order chi connectivity index (χ1) is 12.0. The minimum absolute atomic E-state index is 0.112. The van der Waals surface area contributed by atoms with E-state index in [2.05, 4.69) is 5.32 Å². The molecule has 130 valence electrons. The molecule has 1 N–H and O–H groups in total. The fourth-order valence-electron chi connectivity index (χ4n) is 2.97. The first kappa shape index (κ1) is 17.0. The van der Waals surface area contributed by atoms with E-state index in [9.17, 15) is 9.59 Å². The van der Waals surface area contributed by atoms with Gasteiger partial charge in [-0.05, 0) is 37.1 Å². The van der Waals surface area contributed by atoms with Crippen molar-refractivity contribution in [2.24, 2.45) is 5.92 Å². The van der Waals surface area contributed by atoms with Crippen LogP contribution in [0.4, 0.5) is 16.2 Å². The van der Waals surface area contributed by atoms with Crippen LogP contribution in [-0.2, 0) is 9.53 Å². The van der Waals surface area contributed by atoms with Crippen molar-refractivity contribution < 1.29 is 14.3 Å². The van der Waals surface area contributed by atoms with Crippen LogP contribution < -0.4 is 10.2 Å². The normalized spacial score (nSPS) is 18.4. The predicted molar refractivity (Wildman–Crippen MR) is 97.8 cm³/mol. The Morgan fingerprint density at radius 2 is 1.68 bits per heavy atom. The number of hydrogen-bond acceptors (Lipinski definition) is 3. The third kappa shape index (κ3) is 3.82. The molecule has 0 radical (unpaired) electrons. The Labute approximate surface area is 147 Å². The SMILES string of the molecule is Cc1cccc(C)c1N(C)C(=O)OC1CC1C(=O)Nc1ccccc1. The van der Waals surface area contributed by atoms with Crippen molar-refractivity contribution in [1.82, 2.24) is 0 Å². The molecule has 0 saturated heterocycles. The van der Waals surface area contributed by atoms with Crippen molar-refractivity contribution in [3.8, 4) is 0 Å². The molecular formula is C20H22N2O3. The quantitative estimate of drug-likeness (QED) is 0.920. The third-order valence-corrected chi connectivity index (χ3v) is 4.41. The molecule has 1 aliphatic carbocycles. The molecule has 25 heavy (non-hydrogen) atoms.